The second-order valence-electron chi connectivity index (χ2n) is 5.67. The summed E-state index contributed by atoms with van der Waals surface area (Å²) >= 11 is 0. The van der Waals surface area contributed by atoms with Crippen molar-refractivity contribution in [1.29, 1.82) is 0 Å². The van der Waals surface area contributed by atoms with Crippen molar-refractivity contribution in [2.75, 3.05) is 0 Å². The summed E-state index contributed by atoms with van der Waals surface area (Å²) < 4.78 is 0. The molecule has 1 saturated carbocycles. The molecule has 1 aliphatic rings. The molecule has 0 aromatic rings. The Morgan fingerprint density at radius 2 is 1.79 bits per heavy atom. The molecule has 3 nitrogen and oxygen atoms in total. The van der Waals surface area contributed by atoms with Gasteiger partial charge >= 0.3 is 0 Å². The van der Waals surface area contributed by atoms with Gasteiger partial charge in [0.05, 0.1) is 12.2 Å². The predicted octanol–water partition coefficient (Wildman–Crippen LogP) is 2.23. The lowest BCUT2D eigenvalue weighted by Crippen LogP contribution is -2.25. The van der Waals surface area contributed by atoms with Crippen molar-refractivity contribution in [3.05, 3.63) is 0 Å². The van der Waals surface area contributed by atoms with Crippen molar-refractivity contribution < 1.29 is 15.3 Å². The lowest BCUT2D eigenvalue weighted by Gasteiger charge is -2.15. The average Bonchev–Trinajstić information content (AvgIpc) is 3.21. The van der Waals surface area contributed by atoms with Gasteiger partial charge in [0, 0.05) is 6.42 Å². The largest absolute Gasteiger partial charge is 0.390 e. The molecule has 0 aromatic carbocycles. The van der Waals surface area contributed by atoms with E-state index in [1.165, 1.54) is 25.7 Å². The molecule has 110 valence electrons. The quantitative estimate of drug-likeness (QED) is 0.444. The minimum absolute atomic E-state index is 0.236. The molecule has 0 heterocycles. The number of hydrogen-bond donors (Lipinski definition) is 3. The summed E-state index contributed by atoms with van der Waals surface area (Å²) in [6, 6.07) is 0. The fraction of sp³-hybridized carbons (Fsp3) is 0.875. The van der Waals surface area contributed by atoms with E-state index in [1.54, 1.807) is 0 Å². The topological polar surface area (TPSA) is 60.7 Å². The van der Waals surface area contributed by atoms with Crippen molar-refractivity contribution in [2.24, 2.45) is 5.92 Å². The van der Waals surface area contributed by atoms with E-state index in [0.717, 1.165) is 18.8 Å². The van der Waals surface area contributed by atoms with Crippen LogP contribution in [-0.4, -0.2) is 33.6 Å². The highest BCUT2D eigenvalue weighted by molar-refractivity contribution is 5.05. The standard InChI is InChI=1S/C16H28O3/c1-2-14(17)8-6-10-16(19)15(18)9-5-3-4-7-13-11-12-13/h13-19H,2-5,7,9-12H2,1H3/t14-,15+,16+/m0/s1. The third-order valence-electron chi connectivity index (χ3n) is 3.72. The molecule has 1 fully saturated rings. The van der Waals surface area contributed by atoms with Crippen LogP contribution >= 0.6 is 0 Å². The fourth-order valence-electron chi connectivity index (χ4n) is 2.08. The average molecular weight is 268 g/mol. The number of rotatable bonds is 9. The van der Waals surface area contributed by atoms with Gasteiger partial charge in [0.25, 0.3) is 0 Å². The summed E-state index contributed by atoms with van der Waals surface area (Å²) in [6.07, 6.45) is 6.87. The highest BCUT2D eigenvalue weighted by atomic mass is 16.3. The van der Waals surface area contributed by atoms with E-state index >= 15 is 0 Å². The predicted molar refractivity (Wildman–Crippen MR) is 76.5 cm³/mol. The van der Waals surface area contributed by atoms with Gasteiger partial charge in [0.15, 0.2) is 0 Å². The molecule has 3 N–H and O–H groups in total. The van der Waals surface area contributed by atoms with Crippen LogP contribution in [0, 0.1) is 17.8 Å². The van der Waals surface area contributed by atoms with Crippen molar-refractivity contribution >= 4 is 0 Å². The monoisotopic (exact) mass is 268 g/mol. The molecular formula is C16H28O3. The zero-order valence-electron chi connectivity index (χ0n) is 12.0. The first kappa shape index (κ1) is 16.5. The van der Waals surface area contributed by atoms with Crippen LogP contribution in [0.15, 0.2) is 0 Å². The summed E-state index contributed by atoms with van der Waals surface area (Å²) in [7, 11) is 0. The maximum Gasteiger partial charge on any atom is 0.114 e. The maximum atomic E-state index is 9.78. The van der Waals surface area contributed by atoms with Crippen LogP contribution in [0.3, 0.4) is 0 Å². The lowest BCUT2D eigenvalue weighted by molar-refractivity contribution is 0.0164. The van der Waals surface area contributed by atoms with Crippen molar-refractivity contribution in [3.63, 3.8) is 0 Å². The van der Waals surface area contributed by atoms with Crippen LogP contribution in [0.1, 0.15) is 64.7 Å². The first-order chi connectivity index (χ1) is 9.13. The Morgan fingerprint density at radius 3 is 2.42 bits per heavy atom. The molecule has 3 heteroatoms. The third-order valence-corrected chi connectivity index (χ3v) is 3.72. The normalized spacial score (nSPS) is 19.4. The summed E-state index contributed by atoms with van der Waals surface area (Å²) in [5, 5.41) is 28.7. The minimum atomic E-state index is -0.792. The Morgan fingerprint density at radius 1 is 1.05 bits per heavy atom. The van der Waals surface area contributed by atoms with Crippen LogP contribution in [0.5, 0.6) is 0 Å². The SMILES string of the molecule is CC[C@H](O)C#CC[C@@H](O)[C@H](O)CCCCCC1CC1. The molecule has 0 saturated heterocycles. The molecule has 3 atom stereocenters. The number of aliphatic hydroxyl groups excluding tert-OH is 3. The summed E-state index contributed by atoms with van der Waals surface area (Å²) in [5.41, 5.74) is 0. The molecule has 0 spiro atoms. The second kappa shape index (κ2) is 9.36. The maximum absolute atomic E-state index is 9.78. The molecule has 0 bridgehead atoms. The van der Waals surface area contributed by atoms with Crippen molar-refractivity contribution in [2.45, 2.75) is 83.0 Å². The second-order valence-corrected chi connectivity index (χ2v) is 5.67. The molecule has 0 aliphatic heterocycles. The van der Waals surface area contributed by atoms with Gasteiger partial charge in [0.1, 0.15) is 6.10 Å². The molecule has 0 amide bonds. The first-order valence-corrected chi connectivity index (χ1v) is 7.66. The van der Waals surface area contributed by atoms with Crippen molar-refractivity contribution in [1.82, 2.24) is 0 Å². The van der Waals surface area contributed by atoms with E-state index in [4.69, 9.17) is 0 Å². The van der Waals surface area contributed by atoms with Gasteiger partial charge in [-0.25, -0.2) is 0 Å². The molecule has 19 heavy (non-hydrogen) atoms. The zero-order chi connectivity index (χ0) is 14.1. The highest BCUT2D eigenvalue weighted by Crippen LogP contribution is 2.34. The van der Waals surface area contributed by atoms with Crippen LogP contribution in [0.2, 0.25) is 0 Å². The molecular weight excluding hydrogens is 240 g/mol. The number of unbranched alkanes of at least 4 members (excludes halogenated alkanes) is 2. The molecule has 1 aliphatic carbocycles. The first-order valence-electron chi connectivity index (χ1n) is 7.66. The van der Waals surface area contributed by atoms with E-state index in [0.29, 0.717) is 12.8 Å². The van der Waals surface area contributed by atoms with Crippen LogP contribution in [0.4, 0.5) is 0 Å². The van der Waals surface area contributed by atoms with Gasteiger partial charge in [-0.3, -0.25) is 0 Å². The van der Waals surface area contributed by atoms with Gasteiger partial charge in [0.2, 0.25) is 0 Å². The van der Waals surface area contributed by atoms with E-state index in [1.807, 2.05) is 6.92 Å². The molecule has 1 rings (SSSR count). The molecule has 0 unspecified atom stereocenters. The fourth-order valence-corrected chi connectivity index (χ4v) is 2.08. The summed E-state index contributed by atoms with van der Waals surface area (Å²) in [5.74, 6) is 6.36. The van der Waals surface area contributed by atoms with Gasteiger partial charge in [-0.1, -0.05) is 57.3 Å². The van der Waals surface area contributed by atoms with Crippen LogP contribution in [0.25, 0.3) is 0 Å². The van der Waals surface area contributed by atoms with Crippen LogP contribution < -0.4 is 0 Å². The zero-order valence-corrected chi connectivity index (χ0v) is 12.0. The van der Waals surface area contributed by atoms with Gasteiger partial charge in [-0.15, -0.1) is 0 Å². The number of hydrogen-bond acceptors (Lipinski definition) is 3. The minimum Gasteiger partial charge on any atom is -0.390 e. The smallest absolute Gasteiger partial charge is 0.114 e. The Balaban J connectivity index is 2.02. The van der Waals surface area contributed by atoms with Gasteiger partial charge < -0.3 is 15.3 Å². The lowest BCUT2D eigenvalue weighted by atomic mass is 10.0. The number of aliphatic hydroxyl groups is 3. The Kier molecular flexibility index (Phi) is 8.13. The molecule has 0 aromatic heterocycles. The van der Waals surface area contributed by atoms with E-state index in [-0.39, 0.29) is 6.42 Å². The summed E-state index contributed by atoms with van der Waals surface area (Å²) in [6.45, 7) is 1.85. The van der Waals surface area contributed by atoms with Gasteiger partial charge in [-0.05, 0) is 18.8 Å². The third kappa shape index (κ3) is 8.26. The van der Waals surface area contributed by atoms with Crippen LogP contribution in [-0.2, 0) is 0 Å². The van der Waals surface area contributed by atoms with E-state index in [9.17, 15) is 15.3 Å². The summed E-state index contributed by atoms with van der Waals surface area (Å²) in [4.78, 5) is 0. The van der Waals surface area contributed by atoms with E-state index in [2.05, 4.69) is 11.8 Å². The Labute approximate surface area is 117 Å². The highest BCUT2D eigenvalue weighted by Gasteiger charge is 2.20. The Bertz CT molecular complexity index is 288. The van der Waals surface area contributed by atoms with Crippen molar-refractivity contribution in [3.8, 4) is 11.8 Å². The Hall–Kier alpha value is -0.560. The molecule has 0 radical (unpaired) electrons. The van der Waals surface area contributed by atoms with E-state index < -0.39 is 18.3 Å². The van der Waals surface area contributed by atoms with Gasteiger partial charge in [-0.2, -0.15) is 0 Å².